The van der Waals surface area contributed by atoms with Crippen molar-refractivity contribution in [2.45, 2.75) is 32.9 Å². The Labute approximate surface area is 142 Å². The first kappa shape index (κ1) is 19.8. The van der Waals surface area contributed by atoms with E-state index in [0.717, 1.165) is 12.1 Å². The normalized spacial score (nSPS) is 14.6. The Morgan fingerprint density at radius 3 is 2.96 bits per heavy atom. The minimum atomic E-state index is -0.655. The Bertz CT molecular complexity index is 528. The number of benzene rings is 1. The maximum atomic E-state index is 14.4. The number of rotatable bonds is 7. The number of halogens is 2. The second-order valence-electron chi connectivity index (χ2n) is 5.19. The largest absolute Gasteiger partial charge is 0.379 e. The van der Waals surface area contributed by atoms with E-state index >= 15 is 0 Å². The van der Waals surface area contributed by atoms with Crippen LogP contribution in [0.25, 0.3) is 0 Å². The quantitative estimate of drug-likeness (QED) is 0.744. The van der Waals surface area contributed by atoms with Gasteiger partial charge >= 0.3 is 0 Å². The van der Waals surface area contributed by atoms with Crippen molar-refractivity contribution < 1.29 is 18.7 Å². The Morgan fingerprint density at radius 2 is 2.22 bits per heavy atom. The summed E-state index contributed by atoms with van der Waals surface area (Å²) in [6, 6.07) is 3.45. The smallest absolute Gasteiger partial charge is 0.253 e. The summed E-state index contributed by atoms with van der Waals surface area (Å²) < 4.78 is 24.9. The maximum absolute atomic E-state index is 14.4. The Kier molecular flexibility index (Phi) is 8.47. The second-order valence-corrected chi connectivity index (χ2v) is 5.19. The first-order valence-corrected chi connectivity index (χ1v) is 7.64. The van der Waals surface area contributed by atoms with Gasteiger partial charge in [0.15, 0.2) is 0 Å². The summed E-state index contributed by atoms with van der Waals surface area (Å²) in [4.78, 5) is 12.0. The summed E-state index contributed by atoms with van der Waals surface area (Å²) in [5.41, 5.74) is 1.84. The molecule has 0 fully saturated rings. The van der Waals surface area contributed by atoms with E-state index in [1.165, 1.54) is 0 Å². The van der Waals surface area contributed by atoms with Gasteiger partial charge in [-0.15, -0.1) is 12.4 Å². The van der Waals surface area contributed by atoms with Crippen molar-refractivity contribution in [3.63, 3.8) is 0 Å². The molecule has 1 unspecified atom stereocenters. The molecule has 1 aromatic rings. The summed E-state index contributed by atoms with van der Waals surface area (Å²) in [6.45, 7) is 6.33. The Morgan fingerprint density at radius 1 is 1.43 bits per heavy atom. The fraction of sp³-hybridized carbons (Fsp3) is 0.562. The first-order valence-electron chi connectivity index (χ1n) is 7.64. The highest BCUT2D eigenvalue weighted by molar-refractivity contribution is 5.94. The lowest BCUT2D eigenvalue weighted by Crippen LogP contribution is -2.30. The van der Waals surface area contributed by atoms with Gasteiger partial charge in [0.05, 0.1) is 18.9 Å². The molecule has 1 aliphatic heterocycles. The number of nitrogens with one attached hydrogen (secondary N) is 2. The Balaban J connectivity index is 0.00000264. The van der Waals surface area contributed by atoms with E-state index in [9.17, 15) is 9.18 Å². The molecule has 0 bridgehead atoms. The fourth-order valence-electron chi connectivity index (χ4n) is 2.37. The lowest BCUT2D eigenvalue weighted by atomic mass is 9.99. The number of amides is 1. The van der Waals surface area contributed by atoms with Crippen LogP contribution in [-0.4, -0.2) is 38.4 Å². The lowest BCUT2D eigenvalue weighted by Gasteiger charge is -2.20. The molecule has 2 N–H and O–H groups in total. The third-order valence-corrected chi connectivity index (χ3v) is 3.63. The number of hydrogen-bond donors (Lipinski definition) is 2. The van der Waals surface area contributed by atoms with Gasteiger partial charge in [-0.25, -0.2) is 4.39 Å². The summed E-state index contributed by atoms with van der Waals surface area (Å²) in [6.07, 6.45) is -0.0248. The van der Waals surface area contributed by atoms with E-state index in [-0.39, 0.29) is 29.8 Å². The molecule has 130 valence electrons. The van der Waals surface area contributed by atoms with E-state index in [0.29, 0.717) is 38.3 Å². The van der Waals surface area contributed by atoms with Gasteiger partial charge < -0.3 is 20.1 Å². The predicted molar refractivity (Wildman–Crippen MR) is 89.6 cm³/mol. The number of carbonyl (C=O) groups is 1. The molecule has 2 rings (SSSR count). The van der Waals surface area contributed by atoms with Crippen LogP contribution >= 0.6 is 12.4 Å². The number of carbonyl (C=O) groups excluding carboxylic acids is 1. The molecule has 5 nitrogen and oxygen atoms in total. The van der Waals surface area contributed by atoms with Gasteiger partial charge in [-0.1, -0.05) is 6.07 Å². The number of ether oxygens (including phenoxy) is 2. The van der Waals surface area contributed by atoms with Crippen LogP contribution in [0.2, 0.25) is 0 Å². The standard InChI is InChI=1S/C16H23FN2O3.ClH/c1-3-21-8-9-22-11(2)16(20)19-14-5-4-12-10-18-7-6-13(12)15(14)17;/h4-5,11,18H,3,6-10H2,1-2H3,(H,19,20);1H. The molecular formula is C16H24ClFN2O3. The van der Waals surface area contributed by atoms with Gasteiger partial charge in [-0.05, 0) is 44.0 Å². The van der Waals surface area contributed by atoms with Gasteiger partial charge in [0.1, 0.15) is 11.9 Å². The summed E-state index contributed by atoms with van der Waals surface area (Å²) in [5.74, 6) is -0.696. The number of anilines is 1. The van der Waals surface area contributed by atoms with Gasteiger partial charge in [0.25, 0.3) is 5.91 Å². The summed E-state index contributed by atoms with van der Waals surface area (Å²) in [7, 11) is 0. The molecule has 0 aliphatic carbocycles. The monoisotopic (exact) mass is 346 g/mol. The van der Waals surface area contributed by atoms with Crippen molar-refractivity contribution in [3.05, 3.63) is 29.1 Å². The number of fused-ring (bicyclic) bond motifs is 1. The molecule has 23 heavy (non-hydrogen) atoms. The zero-order chi connectivity index (χ0) is 15.9. The molecule has 1 amide bonds. The van der Waals surface area contributed by atoms with Crippen molar-refractivity contribution in [1.29, 1.82) is 0 Å². The van der Waals surface area contributed by atoms with Gasteiger partial charge in [0, 0.05) is 13.2 Å². The molecular weight excluding hydrogens is 323 g/mol. The van der Waals surface area contributed by atoms with Gasteiger partial charge in [-0.3, -0.25) is 4.79 Å². The van der Waals surface area contributed by atoms with E-state index < -0.39 is 6.10 Å². The highest BCUT2D eigenvalue weighted by Crippen LogP contribution is 2.24. The third kappa shape index (κ3) is 5.42. The van der Waals surface area contributed by atoms with E-state index in [2.05, 4.69) is 10.6 Å². The highest BCUT2D eigenvalue weighted by atomic mass is 35.5. The molecule has 1 heterocycles. The van der Waals surface area contributed by atoms with Crippen LogP contribution in [0.4, 0.5) is 10.1 Å². The van der Waals surface area contributed by atoms with Crippen LogP contribution < -0.4 is 10.6 Å². The summed E-state index contributed by atoms with van der Waals surface area (Å²) >= 11 is 0. The third-order valence-electron chi connectivity index (χ3n) is 3.63. The second kappa shape index (κ2) is 9.82. The van der Waals surface area contributed by atoms with Crippen molar-refractivity contribution in [1.82, 2.24) is 5.32 Å². The van der Waals surface area contributed by atoms with Crippen molar-refractivity contribution >= 4 is 24.0 Å². The van der Waals surface area contributed by atoms with Crippen LogP contribution in [0.1, 0.15) is 25.0 Å². The minimum absolute atomic E-state index is 0. The molecule has 0 aromatic heterocycles. The van der Waals surface area contributed by atoms with Crippen LogP contribution in [0.3, 0.4) is 0 Å². The SMILES string of the molecule is CCOCCOC(C)C(=O)Nc1ccc2c(c1F)CCNC2.Cl. The molecule has 7 heteroatoms. The molecule has 1 aliphatic rings. The first-order chi connectivity index (χ1) is 10.6. The topological polar surface area (TPSA) is 59.6 Å². The fourth-order valence-corrected chi connectivity index (χ4v) is 2.37. The molecule has 1 aromatic carbocycles. The van der Waals surface area contributed by atoms with Crippen LogP contribution in [0.5, 0.6) is 0 Å². The molecule has 0 saturated carbocycles. The van der Waals surface area contributed by atoms with Crippen LogP contribution in [0.15, 0.2) is 12.1 Å². The zero-order valence-electron chi connectivity index (χ0n) is 13.5. The maximum Gasteiger partial charge on any atom is 0.253 e. The molecule has 0 radical (unpaired) electrons. The van der Waals surface area contributed by atoms with E-state index in [1.807, 2.05) is 13.0 Å². The average molecular weight is 347 g/mol. The highest BCUT2D eigenvalue weighted by Gasteiger charge is 2.19. The summed E-state index contributed by atoms with van der Waals surface area (Å²) in [5, 5.41) is 5.80. The van der Waals surface area contributed by atoms with Gasteiger partial charge in [0.2, 0.25) is 0 Å². The van der Waals surface area contributed by atoms with Crippen molar-refractivity contribution in [2.75, 3.05) is 31.7 Å². The lowest BCUT2D eigenvalue weighted by molar-refractivity contribution is -0.127. The predicted octanol–water partition coefficient (Wildman–Crippen LogP) is 2.27. The van der Waals surface area contributed by atoms with E-state index in [1.54, 1.807) is 13.0 Å². The molecule has 0 spiro atoms. The van der Waals surface area contributed by atoms with Gasteiger partial charge in [-0.2, -0.15) is 0 Å². The van der Waals surface area contributed by atoms with E-state index in [4.69, 9.17) is 9.47 Å². The van der Waals surface area contributed by atoms with Crippen molar-refractivity contribution in [2.24, 2.45) is 0 Å². The molecule has 1 atom stereocenters. The number of hydrogen-bond acceptors (Lipinski definition) is 4. The zero-order valence-corrected chi connectivity index (χ0v) is 14.3. The van der Waals surface area contributed by atoms with Crippen LogP contribution in [-0.2, 0) is 27.2 Å². The van der Waals surface area contributed by atoms with Crippen molar-refractivity contribution in [3.8, 4) is 0 Å². The minimum Gasteiger partial charge on any atom is -0.379 e. The molecule has 0 saturated heterocycles. The Hall–Kier alpha value is -1.21. The average Bonchev–Trinajstić information content (AvgIpc) is 2.54. The van der Waals surface area contributed by atoms with Crippen LogP contribution in [0, 0.1) is 5.82 Å².